The third kappa shape index (κ3) is 16.4. The summed E-state index contributed by atoms with van der Waals surface area (Å²) < 4.78 is 15.9. The molecule has 0 aliphatic carbocycles. The lowest BCUT2D eigenvalue weighted by molar-refractivity contribution is -0.150. The van der Waals surface area contributed by atoms with Gasteiger partial charge in [0.05, 0.1) is 6.61 Å². The average molecular weight is 373 g/mol. The van der Waals surface area contributed by atoms with Crippen molar-refractivity contribution in [2.45, 2.75) is 103 Å². The molecule has 0 aliphatic heterocycles. The number of hydrogen-bond donors (Lipinski definition) is 0. The summed E-state index contributed by atoms with van der Waals surface area (Å²) in [7, 11) is 1.68. The molecule has 0 saturated carbocycles. The van der Waals surface area contributed by atoms with Crippen LogP contribution in [0.1, 0.15) is 97.3 Å². The summed E-state index contributed by atoms with van der Waals surface area (Å²) >= 11 is 0. The van der Waals surface area contributed by atoms with Gasteiger partial charge in [-0.1, -0.05) is 46.0 Å². The second-order valence-corrected chi connectivity index (χ2v) is 6.88. The zero-order chi connectivity index (χ0) is 19.5. The van der Waals surface area contributed by atoms with E-state index in [1.165, 1.54) is 19.3 Å². The number of ether oxygens (including phenoxy) is 3. The van der Waals surface area contributed by atoms with E-state index in [9.17, 15) is 9.59 Å². The van der Waals surface area contributed by atoms with Crippen molar-refractivity contribution in [2.75, 3.05) is 20.3 Å². The van der Waals surface area contributed by atoms with E-state index >= 15 is 0 Å². The predicted molar refractivity (Wildman–Crippen MR) is 104 cm³/mol. The van der Waals surface area contributed by atoms with Crippen molar-refractivity contribution in [3.63, 3.8) is 0 Å². The highest BCUT2D eigenvalue weighted by Gasteiger charge is 2.15. The van der Waals surface area contributed by atoms with Gasteiger partial charge in [0.15, 0.2) is 0 Å². The molecular formula is C21H40O5. The Hall–Kier alpha value is -1.10. The van der Waals surface area contributed by atoms with E-state index < -0.39 is 0 Å². The lowest BCUT2D eigenvalue weighted by Gasteiger charge is -2.18. The van der Waals surface area contributed by atoms with Crippen LogP contribution in [0.3, 0.4) is 0 Å². The Balaban J connectivity index is 3.95. The third-order valence-corrected chi connectivity index (χ3v) is 4.33. The lowest BCUT2D eigenvalue weighted by Crippen LogP contribution is -2.19. The van der Waals surface area contributed by atoms with Crippen molar-refractivity contribution < 1.29 is 23.8 Å². The zero-order valence-corrected chi connectivity index (χ0v) is 17.2. The van der Waals surface area contributed by atoms with Gasteiger partial charge in [0.25, 0.3) is 0 Å². The van der Waals surface area contributed by atoms with Gasteiger partial charge in [0.1, 0.15) is 6.10 Å². The lowest BCUT2D eigenvalue weighted by atomic mass is 10.1. The van der Waals surface area contributed by atoms with Gasteiger partial charge in [-0.25, -0.2) is 0 Å². The Bertz CT molecular complexity index is 343. The quantitative estimate of drug-likeness (QED) is 0.244. The molecule has 0 aromatic carbocycles. The van der Waals surface area contributed by atoms with Crippen LogP contribution in [0, 0.1) is 0 Å². The van der Waals surface area contributed by atoms with Crippen LogP contribution in [-0.4, -0.2) is 38.4 Å². The van der Waals surface area contributed by atoms with Gasteiger partial charge >= 0.3 is 11.9 Å². The molecule has 1 unspecified atom stereocenters. The first-order valence-electron chi connectivity index (χ1n) is 10.5. The van der Waals surface area contributed by atoms with E-state index in [1.807, 2.05) is 0 Å². The van der Waals surface area contributed by atoms with Crippen LogP contribution in [0.5, 0.6) is 0 Å². The molecule has 5 heteroatoms. The molecule has 0 aliphatic rings. The molecule has 0 fully saturated rings. The highest BCUT2D eigenvalue weighted by Crippen LogP contribution is 2.15. The van der Waals surface area contributed by atoms with Crippen LogP contribution in [0.4, 0.5) is 0 Å². The van der Waals surface area contributed by atoms with Crippen LogP contribution >= 0.6 is 0 Å². The smallest absolute Gasteiger partial charge is 0.306 e. The maximum absolute atomic E-state index is 12.1. The number of unbranched alkanes of at least 4 members (excludes halogenated alkanes) is 5. The first kappa shape index (κ1) is 24.9. The number of rotatable bonds is 18. The monoisotopic (exact) mass is 372 g/mol. The van der Waals surface area contributed by atoms with Gasteiger partial charge in [0, 0.05) is 26.6 Å². The minimum Gasteiger partial charge on any atom is -0.466 e. The normalized spacial score (nSPS) is 12.0. The molecule has 0 heterocycles. The van der Waals surface area contributed by atoms with Gasteiger partial charge in [-0.3, -0.25) is 9.59 Å². The van der Waals surface area contributed by atoms with Crippen LogP contribution in [0.2, 0.25) is 0 Å². The summed E-state index contributed by atoms with van der Waals surface area (Å²) in [6.07, 6.45) is 11.4. The number of hydrogen-bond acceptors (Lipinski definition) is 5. The Morgan fingerprint density at radius 3 is 2.08 bits per heavy atom. The minimum absolute atomic E-state index is 0.0319. The summed E-state index contributed by atoms with van der Waals surface area (Å²) in [5, 5.41) is 0. The second kappa shape index (κ2) is 18.7. The molecule has 0 N–H and O–H groups in total. The molecule has 0 amide bonds. The van der Waals surface area contributed by atoms with E-state index in [2.05, 4.69) is 13.8 Å². The summed E-state index contributed by atoms with van der Waals surface area (Å²) in [6, 6.07) is 0. The Labute approximate surface area is 160 Å². The highest BCUT2D eigenvalue weighted by atomic mass is 16.5. The van der Waals surface area contributed by atoms with E-state index in [0.717, 1.165) is 44.9 Å². The van der Waals surface area contributed by atoms with Gasteiger partial charge in [-0.05, 0) is 38.5 Å². The van der Waals surface area contributed by atoms with Gasteiger partial charge in [-0.2, -0.15) is 0 Å². The van der Waals surface area contributed by atoms with Crippen LogP contribution in [0.25, 0.3) is 0 Å². The maximum atomic E-state index is 12.1. The molecule has 26 heavy (non-hydrogen) atoms. The molecule has 0 radical (unpaired) electrons. The standard InChI is InChI=1S/C21H40O5/c1-4-6-8-9-13-19(14-12-17-24-3)26-21(23)16-11-15-20(22)25-18-10-7-5-2/h19H,4-18H2,1-3H3. The molecule has 0 bridgehead atoms. The highest BCUT2D eigenvalue weighted by molar-refractivity contribution is 5.72. The molecular weight excluding hydrogens is 332 g/mol. The largest absolute Gasteiger partial charge is 0.466 e. The molecule has 154 valence electrons. The first-order valence-corrected chi connectivity index (χ1v) is 10.5. The van der Waals surface area contributed by atoms with Gasteiger partial charge in [0.2, 0.25) is 0 Å². The Morgan fingerprint density at radius 2 is 1.38 bits per heavy atom. The van der Waals surface area contributed by atoms with Gasteiger partial charge < -0.3 is 14.2 Å². The molecule has 0 rings (SSSR count). The fourth-order valence-electron chi connectivity index (χ4n) is 2.75. The molecule has 1 atom stereocenters. The molecule has 5 nitrogen and oxygen atoms in total. The van der Waals surface area contributed by atoms with Crippen LogP contribution in [0.15, 0.2) is 0 Å². The van der Waals surface area contributed by atoms with E-state index in [4.69, 9.17) is 14.2 Å². The summed E-state index contributed by atoms with van der Waals surface area (Å²) in [4.78, 5) is 23.6. The van der Waals surface area contributed by atoms with Crippen molar-refractivity contribution >= 4 is 11.9 Å². The van der Waals surface area contributed by atoms with E-state index in [1.54, 1.807) is 7.11 Å². The van der Waals surface area contributed by atoms with Crippen molar-refractivity contribution in [1.29, 1.82) is 0 Å². The first-order chi connectivity index (χ1) is 12.6. The van der Waals surface area contributed by atoms with Crippen molar-refractivity contribution in [2.24, 2.45) is 0 Å². The van der Waals surface area contributed by atoms with Crippen LogP contribution < -0.4 is 0 Å². The average Bonchev–Trinajstić information content (AvgIpc) is 2.62. The number of esters is 2. The minimum atomic E-state index is -0.217. The fourth-order valence-corrected chi connectivity index (χ4v) is 2.75. The van der Waals surface area contributed by atoms with Crippen molar-refractivity contribution in [3.05, 3.63) is 0 Å². The molecule has 0 saturated heterocycles. The summed E-state index contributed by atoms with van der Waals surface area (Å²) in [6.45, 7) is 5.47. The van der Waals surface area contributed by atoms with E-state index in [0.29, 0.717) is 19.6 Å². The summed E-state index contributed by atoms with van der Waals surface area (Å²) in [5.41, 5.74) is 0. The molecule has 0 aromatic heterocycles. The SMILES string of the molecule is CCCCCCC(CCCOC)OC(=O)CCCC(=O)OCCCCC. The zero-order valence-electron chi connectivity index (χ0n) is 17.2. The van der Waals surface area contributed by atoms with Crippen molar-refractivity contribution in [1.82, 2.24) is 0 Å². The third-order valence-electron chi connectivity index (χ3n) is 4.33. The Morgan fingerprint density at radius 1 is 0.731 bits per heavy atom. The number of carbonyl (C=O) groups excluding carboxylic acids is 2. The van der Waals surface area contributed by atoms with E-state index in [-0.39, 0.29) is 30.9 Å². The molecule has 0 aromatic rings. The maximum Gasteiger partial charge on any atom is 0.306 e. The van der Waals surface area contributed by atoms with Gasteiger partial charge in [-0.15, -0.1) is 0 Å². The number of methoxy groups -OCH3 is 1. The Kier molecular flexibility index (Phi) is 17.9. The second-order valence-electron chi connectivity index (χ2n) is 6.88. The van der Waals surface area contributed by atoms with Crippen LogP contribution in [-0.2, 0) is 23.8 Å². The topological polar surface area (TPSA) is 61.8 Å². The number of carbonyl (C=O) groups is 2. The molecule has 0 spiro atoms. The van der Waals surface area contributed by atoms with Crippen molar-refractivity contribution in [3.8, 4) is 0 Å². The fraction of sp³-hybridized carbons (Fsp3) is 0.905. The summed E-state index contributed by atoms with van der Waals surface area (Å²) in [5.74, 6) is -0.424. The predicted octanol–water partition coefficient (Wildman–Crippen LogP) is 5.20.